The standard InChI is InChI=1S/C13H13BrN4O2/c1-8(9-2-4-10(14)5-3-9)16-13-11(18(19)20)6-7-12(15)17-13/h2-8H,1H3,(H3,15,16,17). The number of pyridine rings is 1. The van der Waals surface area contributed by atoms with E-state index in [1.807, 2.05) is 31.2 Å². The van der Waals surface area contributed by atoms with Crippen LogP contribution in [0.25, 0.3) is 0 Å². The van der Waals surface area contributed by atoms with Gasteiger partial charge in [-0.25, -0.2) is 4.98 Å². The van der Waals surface area contributed by atoms with Crippen LogP contribution in [0.5, 0.6) is 0 Å². The van der Waals surface area contributed by atoms with Crippen molar-refractivity contribution in [1.82, 2.24) is 4.98 Å². The summed E-state index contributed by atoms with van der Waals surface area (Å²) in [6.07, 6.45) is 0. The lowest BCUT2D eigenvalue weighted by molar-refractivity contribution is -0.384. The molecule has 1 aromatic carbocycles. The number of nitro groups is 1. The van der Waals surface area contributed by atoms with E-state index in [9.17, 15) is 10.1 Å². The van der Waals surface area contributed by atoms with E-state index in [0.717, 1.165) is 10.0 Å². The van der Waals surface area contributed by atoms with Gasteiger partial charge in [-0.2, -0.15) is 0 Å². The number of hydrogen-bond donors (Lipinski definition) is 2. The fourth-order valence-corrected chi connectivity index (χ4v) is 2.02. The molecule has 7 heteroatoms. The van der Waals surface area contributed by atoms with Crippen LogP contribution in [0.1, 0.15) is 18.5 Å². The Balaban J connectivity index is 2.27. The molecule has 0 bridgehead atoms. The number of rotatable bonds is 4. The average Bonchev–Trinajstić information content (AvgIpc) is 2.39. The van der Waals surface area contributed by atoms with Gasteiger partial charge in [-0.05, 0) is 30.7 Å². The maximum Gasteiger partial charge on any atom is 0.311 e. The molecule has 3 N–H and O–H groups in total. The lowest BCUT2D eigenvalue weighted by Gasteiger charge is -2.15. The van der Waals surface area contributed by atoms with E-state index in [1.54, 1.807) is 0 Å². The van der Waals surface area contributed by atoms with Crippen LogP contribution in [-0.4, -0.2) is 9.91 Å². The van der Waals surface area contributed by atoms with Crippen LogP contribution >= 0.6 is 15.9 Å². The SMILES string of the molecule is CC(Nc1nc(N)ccc1[N+](=O)[O-])c1ccc(Br)cc1. The Kier molecular flexibility index (Phi) is 4.19. The van der Waals surface area contributed by atoms with Crippen LogP contribution in [-0.2, 0) is 0 Å². The van der Waals surface area contributed by atoms with Crippen molar-refractivity contribution in [3.8, 4) is 0 Å². The van der Waals surface area contributed by atoms with Crippen molar-refractivity contribution in [2.75, 3.05) is 11.1 Å². The number of aromatic nitrogens is 1. The zero-order chi connectivity index (χ0) is 14.7. The molecule has 0 amide bonds. The molecule has 0 aliphatic heterocycles. The third-order valence-corrected chi connectivity index (χ3v) is 3.34. The number of halogens is 1. The Morgan fingerprint density at radius 1 is 1.30 bits per heavy atom. The second kappa shape index (κ2) is 5.87. The van der Waals surface area contributed by atoms with Gasteiger partial charge in [-0.1, -0.05) is 28.1 Å². The topological polar surface area (TPSA) is 94.1 Å². The summed E-state index contributed by atoms with van der Waals surface area (Å²) >= 11 is 3.36. The summed E-state index contributed by atoms with van der Waals surface area (Å²) in [5.41, 5.74) is 6.48. The van der Waals surface area contributed by atoms with E-state index in [-0.39, 0.29) is 23.4 Å². The zero-order valence-corrected chi connectivity index (χ0v) is 12.3. The normalized spacial score (nSPS) is 11.9. The summed E-state index contributed by atoms with van der Waals surface area (Å²) < 4.78 is 0.974. The van der Waals surface area contributed by atoms with E-state index < -0.39 is 4.92 Å². The quantitative estimate of drug-likeness (QED) is 0.658. The lowest BCUT2D eigenvalue weighted by Crippen LogP contribution is -2.10. The van der Waals surface area contributed by atoms with Crippen molar-refractivity contribution in [2.24, 2.45) is 0 Å². The molecule has 0 saturated carbocycles. The molecule has 2 aromatic rings. The molecule has 1 aromatic heterocycles. The third-order valence-electron chi connectivity index (χ3n) is 2.82. The molecule has 6 nitrogen and oxygen atoms in total. The Hall–Kier alpha value is -2.15. The number of nitrogens with one attached hydrogen (secondary N) is 1. The van der Waals surface area contributed by atoms with Gasteiger partial charge in [0.2, 0.25) is 5.82 Å². The van der Waals surface area contributed by atoms with Crippen molar-refractivity contribution in [3.05, 3.63) is 56.5 Å². The molecule has 0 aliphatic carbocycles. The van der Waals surface area contributed by atoms with Crippen LogP contribution in [0.4, 0.5) is 17.3 Å². The highest BCUT2D eigenvalue weighted by molar-refractivity contribution is 9.10. The maximum absolute atomic E-state index is 11.0. The second-order valence-corrected chi connectivity index (χ2v) is 5.19. The first-order chi connectivity index (χ1) is 9.47. The fourth-order valence-electron chi connectivity index (χ4n) is 1.76. The van der Waals surface area contributed by atoms with Crippen LogP contribution in [0.15, 0.2) is 40.9 Å². The number of nitrogens with two attached hydrogens (primary N) is 1. The predicted octanol–water partition coefficient (Wildman–Crippen LogP) is 3.51. The molecule has 1 atom stereocenters. The van der Waals surface area contributed by atoms with Crippen molar-refractivity contribution in [3.63, 3.8) is 0 Å². The lowest BCUT2D eigenvalue weighted by atomic mass is 10.1. The van der Waals surface area contributed by atoms with Gasteiger partial charge in [0.15, 0.2) is 0 Å². The number of benzene rings is 1. The molecular formula is C13H13BrN4O2. The highest BCUT2D eigenvalue weighted by Crippen LogP contribution is 2.27. The number of hydrogen-bond acceptors (Lipinski definition) is 5. The minimum absolute atomic E-state index is 0.0943. The molecule has 104 valence electrons. The summed E-state index contributed by atoms with van der Waals surface area (Å²) in [5.74, 6) is 0.409. The smallest absolute Gasteiger partial charge is 0.311 e. The first-order valence-corrected chi connectivity index (χ1v) is 6.69. The van der Waals surface area contributed by atoms with Gasteiger partial charge >= 0.3 is 5.69 Å². The van der Waals surface area contributed by atoms with E-state index in [2.05, 4.69) is 26.2 Å². The summed E-state index contributed by atoms with van der Waals surface area (Å²) in [6, 6.07) is 10.3. The summed E-state index contributed by atoms with van der Waals surface area (Å²) in [6.45, 7) is 1.90. The average molecular weight is 337 g/mol. The molecule has 0 spiro atoms. The molecule has 0 saturated heterocycles. The van der Waals surface area contributed by atoms with Crippen molar-refractivity contribution < 1.29 is 4.92 Å². The first kappa shape index (κ1) is 14.3. The second-order valence-electron chi connectivity index (χ2n) is 4.28. The van der Waals surface area contributed by atoms with E-state index >= 15 is 0 Å². The molecule has 20 heavy (non-hydrogen) atoms. The van der Waals surface area contributed by atoms with Crippen molar-refractivity contribution >= 4 is 33.3 Å². The summed E-state index contributed by atoms with van der Waals surface area (Å²) in [4.78, 5) is 14.5. The van der Waals surface area contributed by atoms with Crippen molar-refractivity contribution in [1.29, 1.82) is 0 Å². The molecule has 2 rings (SSSR count). The fraction of sp³-hybridized carbons (Fsp3) is 0.154. The van der Waals surface area contributed by atoms with Gasteiger partial charge in [0, 0.05) is 10.5 Å². The molecule has 1 heterocycles. The third kappa shape index (κ3) is 3.24. The minimum Gasteiger partial charge on any atom is -0.384 e. The van der Waals surface area contributed by atoms with Crippen LogP contribution < -0.4 is 11.1 Å². The van der Waals surface area contributed by atoms with Crippen LogP contribution in [0.2, 0.25) is 0 Å². The van der Waals surface area contributed by atoms with Crippen LogP contribution in [0, 0.1) is 10.1 Å². The summed E-state index contributed by atoms with van der Waals surface area (Å²) in [7, 11) is 0. The van der Waals surface area contributed by atoms with Gasteiger partial charge in [-0.3, -0.25) is 10.1 Å². The number of nitrogen functional groups attached to an aromatic ring is 1. The minimum atomic E-state index is -0.483. The molecule has 1 unspecified atom stereocenters. The first-order valence-electron chi connectivity index (χ1n) is 5.90. The monoisotopic (exact) mass is 336 g/mol. The van der Waals surface area contributed by atoms with E-state index in [1.165, 1.54) is 12.1 Å². The largest absolute Gasteiger partial charge is 0.384 e. The van der Waals surface area contributed by atoms with Gasteiger partial charge in [-0.15, -0.1) is 0 Å². The molecule has 0 aliphatic rings. The Labute approximate surface area is 124 Å². The van der Waals surface area contributed by atoms with Gasteiger partial charge in [0.25, 0.3) is 0 Å². The van der Waals surface area contributed by atoms with Gasteiger partial charge < -0.3 is 11.1 Å². The highest BCUT2D eigenvalue weighted by Gasteiger charge is 2.17. The van der Waals surface area contributed by atoms with E-state index in [4.69, 9.17) is 5.73 Å². The Morgan fingerprint density at radius 2 is 1.95 bits per heavy atom. The number of nitrogens with zero attached hydrogens (tertiary/aromatic N) is 2. The van der Waals surface area contributed by atoms with Gasteiger partial charge in [0.1, 0.15) is 5.82 Å². The van der Waals surface area contributed by atoms with Crippen molar-refractivity contribution in [2.45, 2.75) is 13.0 Å². The highest BCUT2D eigenvalue weighted by atomic mass is 79.9. The molecule has 0 radical (unpaired) electrons. The predicted molar refractivity (Wildman–Crippen MR) is 81.5 cm³/mol. The Bertz CT molecular complexity index is 631. The molecular weight excluding hydrogens is 324 g/mol. The van der Waals surface area contributed by atoms with Crippen LogP contribution in [0.3, 0.4) is 0 Å². The maximum atomic E-state index is 11.0. The molecule has 0 fully saturated rings. The number of anilines is 2. The van der Waals surface area contributed by atoms with Gasteiger partial charge in [0.05, 0.1) is 11.0 Å². The Morgan fingerprint density at radius 3 is 2.55 bits per heavy atom. The van der Waals surface area contributed by atoms with E-state index in [0.29, 0.717) is 0 Å². The summed E-state index contributed by atoms with van der Waals surface area (Å²) in [5, 5.41) is 14.0. The zero-order valence-electron chi connectivity index (χ0n) is 10.7.